The molecular weight excluding hydrogens is 454 g/mol. The molecule has 8 heteroatoms. The fraction of sp³-hybridized carbons (Fsp3) is 0.500. The number of aryl methyl sites for hydroxylation is 1. The number of nitrogens with zero attached hydrogens (tertiary/aromatic N) is 3. The van der Waals surface area contributed by atoms with Gasteiger partial charge in [-0.3, -0.25) is 4.57 Å². The fourth-order valence-electron chi connectivity index (χ4n) is 4.37. The van der Waals surface area contributed by atoms with Crippen LogP contribution in [0.25, 0.3) is 11.0 Å². The van der Waals surface area contributed by atoms with E-state index in [0.717, 1.165) is 36.8 Å². The van der Waals surface area contributed by atoms with Gasteiger partial charge in [-0.25, -0.2) is 4.98 Å². The number of pyridine rings is 1. The van der Waals surface area contributed by atoms with E-state index in [1.54, 1.807) is 13.1 Å². The lowest BCUT2D eigenvalue weighted by Gasteiger charge is -2.29. The van der Waals surface area contributed by atoms with Crippen molar-refractivity contribution >= 4 is 28.4 Å². The maximum Gasteiger partial charge on any atom is 0.297 e. The average Bonchev–Trinajstić information content (AvgIpc) is 3.14. The Hall–Kier alpha value is -2.64. The zero-order chi connectivity index (χ0) is 24.1. The SMILES string of the molecule is CC(=O)C[C@@H](C)COC1CCC(Oc2nc3cnc(OCc4ccccc4)c(Cl)c3n2C)CC1. The normalized spacial score (nSPS) is 19.2. The number of carbonyl (C=O) groups is 1. The average molecular weight is 486 g/mol. The monoisotopic (exact) mass is 485 g/mol. The maximum atomic E-state index is 11.2. The molecule has 0 aliphatic heterocycles. The Balaban J connectivity index is 1.34. The van der Waals surface area contributed by atoms with Gasteiger partial charge in [-0.1, -0.05) is 48.9 Å². The van der Waals surface area contributed by atoms with Gasteiger partial charge < -0.3 is 19.0 Å². The number of benzene rings is 1. The second kappa shape index (κ2) is 11.2. The summed E-state index contributed by atoms with van der Waals surface area (Å²) in [7, 11) is 1.89. The van der Waals surface area contributed by atoms with Gasteiger partial charge in [0.1, 0.15) is 29.0 Å². The topological polar surface area (TPSA) is 75.5 Å². The first-order valence-electron chi connectivity index (χ1n) is 11.9. The van der Waals surface area contributed by atoms with Crippen molar-refractivity contribution in [1.82, 2.24) is 14.5 Å². The van der Waals surface area contributed by atoms with Crippen molar-refractivity contribution in [2.45, 2.75) is 64.8 Å². The molecule has 0 spiro atoms. The Bertz CT molecular complexity index is 1110. The molecule has 0 saturated heterocycles. The summed E-state index contributed by atoms with van der Waals surface area (Å²) in [6.07, 6.45) is 6.19. The maximum absolute atomic E-state index is 11.2. The van der Waals surface area contributed by atoms with E-state index >= 15 is 0 Å². The summed E-state index contributed by atoms with van der Waals surface area (Å²) in [5, 5.41) is 0.426. The number of ketones is 1. The van der Waals surface area contributed by atoms with Crippen molar-refractivity contribution in [2.24, 2.45) is 13.0 Å². The number of imidazole rings is 1. The quantitative estimate of drug-likeness (QED) is 0.376. The lowest BCUT2D eigenvalue weighted by Crippen LogP contribution is -2.30. The Morgan fingerprint density at radius 1 is 1.18 bits per heavy atom. The number of halogens is 1. The molecule has 1 saturated carbocycles. The summed E-state index contributed by atoms with van der Waals surface area (Å²) in [5.41, 5.74) is 2.46. The minimum absolute atomic E-state index is 0.0746. The molecule has 1 aliphatic carbocycles. The molecule has 0 radical (unpaired) electrons. The van der Waals surface area contributed by atoms with Crippen LogP contribution in [0.5, 0.6) is 11.9 Å². The van der Waals surface area contributed by atoms with Crippen molar-refractivity contribution in [3.63, 3.8) is 0 Å². The van der Waals surface area contributed by atoms with Crippen LogP contribution in [0.2, 0.25) is 5.02 Å². The van der Waals surface area contributed by atoms with Gasteiger partial charge in [-0.05, 0) is 44.1 Å². The molecule has 0 unspecified atom stereocenters. The van der Waals surface area contributed by atoms with Crippen LogP contribution in [0, 0.1) is 5.92 Å². The molecule has 1 atom stereocenters. The van der Waals surface area contributed by atoms with E-state index in [1.165, 1.54) is 0 Å². The first kappa shape index (κ1) is 24.5. The molecule has 0 bridgehead atoms. The summed E-state index contributed by atoms with van der Waals surface area (Å²) >= 11 is 6.64. The number of Topliss-reactive ketones (excluding diaryl/α,β-unsaturated/α-hetero) is 1. The van der Waals surface area contributed by atoms with E-state index in [4.69, 9.17) is 25.8 Å². The second-order valence-corrected chi connectivity index (χ2v) is 9.58. The van der Waals surface area contributed by atoms with Gasteiger partial charge in [-0.15, -0.1) is 0 Å². The van der Waals surface area contributed by atoms with Crippen molar-refractivity contribution in [3.8, 4) is 11.9 Å². The van der Waals surface area contributed by atoms with Gasteiger partial charge in [-0.2, -0.15) is 4.98 Å². The van der Waals surface area contributed by atoms with Crippen LogP contribution in [-0.2, 0) is 23.2 Å². The molecule has 34 heavy (non-hydrogen) atoms. The Kier molecular flexibility index (Phi) is 8.06. The number of aromatic nitrogens is 3. The number of carbonyl (C=O) groups excluding carboxylic acids is 1. The third-order valence-electron chi connectivity index (χ3n) is 6.14. The van der Waals surface area contributed by atoms with Crippen molar-refractivity contribution in [1.29, 1.82) is 0 Å². The van der Waals surface area contributed by atoms with E-state index in [-0.39, 0.29) is 23.9 Å². The largest absolute Gasteiger partial charge is 0.472 e. The first-order chi connectivity index (χ1) is 16.4. The minimum Gasteiger partial charge on any atom is -0.472 e. The summed E-state index contributed by atoms with van der Waals surface area (Å²) in [4.78, 5) is 20.2. The van der Waals surface area contributed by atoms with Gasteiger partial charge >= 0.3 is 0 Å². The lowest BCUT2D eigenvalue weighted by atomic mass is 9.95. The number of hydrogen-bond donors (Lipinski definition) is 0. The highest BCUT2D eigenvalue weighted by molar-refractivity contribution is 6.36. The minimum atomic E-state index is 0.0746. The standard InChI is InChI=1S/C26H32ClN3O4/c1-17(13-18(2)31)15-32-20-9-11-21(12-10-20)34-26-29-22-14-28-25(23(27)24(22)30(26)3)33-16-19-7-5-4-6-8-19/h4-8,14,17,20-21H,9-13,15-16H2,1-3H3/t17-,20?,21?/m1/s1. The number of ether oxygens (including phenoxy) is 3. The molecule has 182 valence electrons. The number of rotatable bonds is 10. The molecule has 4 rings (SSSR count). The van der Waals surface area contributed by atoms with Crippen LogP contribution in [-0.4, -0.2) is 39.1 Å². The summed E-state index contributed by atoms with van der Waals surface area (Å²) < 4.78 is 20.0. The zero-order valence-electron chi connectivity index (χ0n) is 20.0. The highest BCUT2D eigenvalue weighted by atomic mass is 35.5. The van der Waals surface area contributed by atoms with E-state index in [9.17, 15) is 4.79 Å². The zero-order valence-corrected chi connectivity index (χ0v) is 20.8. The van der Waals surface area contributed by atoms with Crippen LogP contribution < -0.4 is 9.47 Å². The Morgan fingerprint density at radius 2 is 1.88 bits per heavy atom. The van der Waals surface area contributed by atoms with E-state index in [2.05, 4.69) is 16.9 Å². The molecule has 1 fully saturated rings. The van der Waals surface area contributed by atoms with Gasteiger partial charge in [0, 0.05) is 20.1 Å². The van der Waals surface area contributed by atoms with Crippen LogP contribution >= 0.6 is 11.6 Å². The summed E-state index contributed by atoms with van der Waals surface area (Å²) in [5.74, 6) is 0.844. The van der Waals surface area contributed by atoms with Crippen molar-refractivity contribution in [3.05, 3.63) is 47.1 Å². The lowest BCUT2D eigenvalue weighted by molar-refractivity contribution is -0.118. The third kappa shape index (κ3) is 6.07. The molecule has 0 amide bonds. The van der Waals surface area contributed by atoms with Crippen LogP contribution in [0.4, 0.5) is 0 Å². The molecule has 7 nitrogen and oxygen atoms in total. The van der Waals surface area contributed by atoms with Gasteiger partial charge in [0.05, 0.1) is 17.8 Å². The van der Waals surface area contributed by atoms with E-state index in [1.807, 2.05) is 41.9 Å². The molecular formula is C26H32ClN3O4. The Morgan fingerprint density at radius 3 is 2.59 bits per heavy atom. The summed E-state index contributed by atoms with van der Waals surface area (Å²) in [6.45, 7) is 4.70. The van der Waals surface area contributed by atoms with Crippen molar-refractivity contribution in [2.75, 3.05) is 6.61 Å². The van der Waals surface area contributed by atoms with E-state index in [0.29, 0.717) is 42.1 Å². The molecule has 3 aromatic rings. The molecule has 0 N–H and O–H groups in total. The molecule has 1 aromatic carbocycles. The second-order valence-electron chi connectivity index (χ2n) is 9.20. The summed E-state index contributed by atoms with van der Waals surface area (Å²) in [6, 6.07) is 10.4. The highest BCUT2D eigenvalue weighted by Crippen LogP contribution is 2.34. The Labute approximate surface area is 205 Å². The number of fused-ring (bicyclic) bond motifs is 1. The van der Waals surface area contributed by atoms with Crippen LogP contribution in [0.1, 0.15) is 51.5 Å². The van der Waals surface area contributed by atoms with Crippen LogP contribution in [0.15, 0.2) is 36.5 Å². The molecule has 2 heterocycles. The third-order valence-corrected chi connectivity index (χ3v) is 6.49. The first-order valence-corrected chi connectivity index (χ1v) is 12.2. The van der Waals surface area contributed by atoms with E-state index < -0.39 is 0 Å². The van der Waals surface area contributed by atoms with Gasteiger partial charge in [0.25, 0.3) is 6.01 Å². The predicted octanol–water partition coefficient (Wildman–Crippen LogP) is 5.52. The predicted molar refractivity (Wildman–Crippen MR) is 131 cm³/mol. The molecule has 2 aromatic heterocycles. The smallest absolute Gasteiger partial charge is 0.297 e. The number of hydrogen-bond acceptors (Lipinski definition) is 6. The highest BCUT2D eigenvalue weighted by Gasteiger charge is 2.26. The van der Waals surface area contributed by atoms with Gasteiger partial charge in [0.15, 0.2) is 0 Å². The fourth-order valence-corrected chi connectivity index (χ4v) is 4.70. The van der Waals surface area contributed by atoms with Gasteiger partial charge in [0.2, 0.25) is 5.88 Å². The van der Waals surface area contributed by atoms with Crippen LogP contribution in [0.3, 0.4) is 0 Å². The molecule has 1 aliphatic rings. The van der Waals surface area contributed by atoms with Crippen molar-refractivity contribution < 1.29 is 19.0 Å².